The van der Waals surface area contributed by atoms with Gasteiger partial charge in [-0.1, -0.05) is 30.5 Å². The SMILES string of the molecule is Cc1ccc(S(=O)(=O)c2c(N)n(C3CCCC3)c3nccnc23)cc1. The Morgan fingerprint density at radius 1 is 1.08 bits per heavy atom. The van der Waals surface area contributed by atoms with E-state index in [1.165, 1.54) is 6.20 Å². The van der Waals surface area contributed by atoms with Crippen molar-refractivity contribution in [2.45, 2.75) is 48.4 Å². The van der Waals surface area contributed by atoms with Crippen LogP contribution in [-0.2, 0) is 9.84 Å². The molecule has 1 saturated carbocycles. The highest BCUT2D eigenvalue weighted by Gasteiger charge is 2.32. The molecule has 0 bridgehead atoms. The quantitative estimate of drug-likeness (QED) is 0.778. The van der Waals surface area contributed by atoms with Crippen molar-refractivity contribution >= 4 is 26.8 Å². The van der Waals surface area contributed by atoms with E-state index < -0.39 is 9.84 Å². The van der Waals surface area contributed by atoms with E-state index in [9.17, 15) is 8.42 Å². The number of rotatable bonds is 3. The molecule has 25 heavy (non-hydrogen) atoms. The van der Waals surface area contributed by atoms with E-state index >= 15 is 0 Å². The maximum atomic E-state index is 13.2. The van der Waals surface area contributed by atoms with Gasteiger partial charge in [0, 0.05) is 18.4 Å². The number of nitrogens with two attached hydrogens (primary N) is 1. The smallest absolute Gasteiger partial charge is 0.212 e. The largest absolute Gasteiger partial charge is 0.384 e. The summed E-state index contributed by atoms with van der Waals surface area (Å²) >= 11 is 0. The number of benzene rings is 1. The molecule has 1 fully saturated rings. The van der Waals surface area contributed by atoms with Crippen LogP contribution in [0.2, 0.25) is 0 Å². The van der Waals surface area contributed by atoms with Crippen molar-refractivity contribution in [3.05, 3.63) is 42.2 Å². The van der Waals surface area contributed by atoms with Gasteiger partial charge in [-0.2, -0.15) is 0 Å². The van der Waals surface area contributed by atoms with Gasteiger partial charge in [-0.25, -0.2) is 18.4 Å². The summed E-state index contributed by atoms with van der Waals surface area (Å²) in [5.74, 6) is 0.244. The number of sulfone groups is 1. The number of fused-ring (bicyclic) bond motifs is 1. The molecule has 1 aliphatic carbocycles. The number of anilines is 1. The molecule has 0 spiro atoms. The molecule has 2 aromatic heterocycles. The zero-order valence-electron chi connectivity index (χ0n) is 14.0. The van der Waals surface area contributed by atoms with Crippen molar-refractivity contribution in [1.82, 2.24) is 14.5 Å². The molecular formula is C18H20N4O2S. The molecule has 0 radical (unpaired) electrons. The molecule has 130 valence electrons. The van der Waals surface area contributed by atoms with Crippen molar-refractivity contribution in [1.29, 1.82) is 0 Å². The first kappa shape index (κ1) is 16.1. The Hall–Kier alpha value is -2.41. The van der Waals surface area contributed by atoms with Gasteiger partial charge < -0.3 is 10.3 Å². The zero-order valence-corrected chi connectivity index (χ0v) is 14.8. The molecule has 7 heteroatoms. The molecular weight excluding hydrogens is 336 g/mol. The lowest BCUT2D eigenvalue weighted by atomic mass is 10.2. The average Bonchev–Trinajstić information content (AvgIpc) is 3.20. The molecule has 1 aromatic carbocycles. The highest BCUT2D eigenvalue weighted by Crippen LogP contribution is 2.40. The summed E-state index contributed by atoms with van der Waals surface area (Å²) in [7, 11) is -3.77. The monoisotopic (exact) mass is 356 g/mol. The molecule has 0 unspecified atom stereocenters. The van der Waals surface area contributed by atoms with Crippen molar-refractivity contribution in [3.8, 4) is 0 Å². The number of aromatic nitrogens is 3. The van der Waals surface area contributed by atoms with Gasteiger partial charge in [0.25, 0.3) is 0 Å². The third-order valence-corrected chi connectivity index (χ3v) is 6.74. The number of nitrogen functional groups attached to an aromatic ring is 1. The summed E-state index contributed by atoms with van der Waals surface area (Å²) < 4.78 is 28.4. The molecule has 6 nitrogen and oxygen atoms in total. The zero-order chi connectivity index (χ0) is 17.6. The van der Waals surface area contributed by atoms with Crippen LogP contribution >= 0.6 is 0 Å². The van der Waals surface area contributed by atoms with E-state index in [0.29, 0.717) is 11.2 Å². The van der Waals surface area contributed by atoms with E-state index in [4.69, 9.17) is 5.73 Å². The lowest BCUT2D eigenvalue weighted by molar-refractivity contribution is 0.536. The second-order valence-electron chi connectivity index (χ2n) is 6.57. The van der Waals surface area contributed by atoms with Crippen molar-refractivity contribution in [3.63, 3.8) is 0 Å². The third kappa shape index (κ3) is 2.50. The van der Waals surface area contributed by atoms with Crippen LogP contribution < -0.4 is 5.73 Å². The first-order valence-electron chi connectivity index (χ1n) is 8.42. The minimum atomic E-state index is -3.77. The van der Waals surface area contributed by atoms with Gasteiger partial charge in [-0.3, -0.25) is 0 Å². The number of nitrogens with zero attached hydrogens (tertiary/aromatic N) is 3. The summed E-state index contributed by atoms with van der Waals surface area (Å²) in [5.41, 5.74) is 8.26. The normalized spacial score (nSPS) is 15.9. The molecule has 4 rings (SSSR count). The summed E-state index contributed by atoms with van der Waals surface area (Å²) in [6.45, 7) is 1.92. The molecule has 0 aliphatic heterocycles. The van der Waals surface area contributed by atoms with E-state index in [0.717, 1.165) is 31.2 Å². The number of hydrogen-bond acceptors (Lipinski definition) is 5. The van der Waals surface area contributed by atoms with E-state index in [1.54, 1.807) is 30.5 Å². The van der Waals surface area contributed by atoms with Gasteiger partial charge in [-0.15, -0.1) is 0 Å². The van der Waals surface area contributed by atoms with Crippen LogP contribution in [-0.4, -0.2) is 23.0 Å². The predicted octanol–water partition coefficient (Wildman–Crippen LogP) is 3.27. The van der Waals surface area contributed by atoms with Crippen LogP contribution in [0.15, 0.2) is 46.5 Å². The van der Waals surface area contributed by atoms with Crippen molar-refractivity contribution in [2.75, 3.05) is 5.73 Å². The van der Waals surface area contributed by atoms with Gasteiger partial charge in [-0.05, 0) is 31.9 Å². The van der Waals surface area contributed by atoms with Crippen LogP contribution in [0.5, 0.6) is 0 Å². The Kier molecular flexibility index (Phi) is 3.76. The Morgan fingerprint density at radius 3 is 2.40 bits per heavy atom. The van der Waals surface area contributed by atoms with E-state index in [-0.39, 0.29) is 21.7 Å². The molecule has 2 N–H and O–H groups in total. The van der Waals surface area contributed by atoms with Crippen LogP contribution in [0, 0.1) is 6.92 Å². The summed E-state index contributed by atoms with van der Waals surface area (Å²) in [6.07, 6.45) is 7.28. The molecule has 0 atom stereocenters. The lowest BCUT2D eigenvalue weighted by Crippen LogP contribution is -2.11. The lowest BCUT2D eigenvalue weighted by Gasteiger charge is -2.15. The Labute approximate surface area is 146 Å². The maximum Gasteiger partial charge on any atom is 0.212 e. The van der Waals surface area contributed by atoms with Gasteiger partial charge in [0.05, 0.1) is 4.90 Å². The minimum absolute atomic E-state index is 0.0753. The maximum absolute atomic E-state index is 13.2. The van der Waals surface area contributed by atoms with Crippen molar-refractivity contribution in [2.24, 2.45) is 0 Å². The topological polar surface area (TPSA) is 90.9 Å². The third-order valence-electron chi connectivity index (χ3n) is 4.90. The fraction of sp³-hybridized carbons (Fsp3) is 0.333. The fourth-order valence-electron chi connectivity index (χ4n) is 3.64. The second-order valence-corrected chi connectivity index (χ2v) is 8.45. The average molecular weight is 356 g/mol. The van der Waals surface area contributed by atoms with Gasteiger partial charge in [0.15, 0.2) is 5.65 Å². The molecule has 3 aromatic rings. The standard InChI is InChI=1S/C18H20N4O2S/c1-12-6-8-14(9-7-12)25(23,24)16-15-18(21-11-10-20-15)22(17(16)19)13-4-2-3-5-13/h6-11,13H,2-5,19H2,1H3. The van der Waals surface area contributed by atoms with Gasteiger partial charge in [0.2, 0.25) is 9.84 Å². The number of aryl methyl sites for hydroxylation is 1. The molecule has 0 saturated heterocycles. The Balaban J connectivity index is 1.98. The van der Waals surface area contributed by atoms with Gasteiger partial charge >= 0.3 is 0 Å². The predicted molar refractivity (Wildman–Crippen MR) is 96.1 cm³/mol. The molecule has 0 amide bonds. The summed E-state index contributed by atoms with van der Waals surface area (Å²) in [4.78, 5) is 8.98. The van der Waals surface area contributed by atoms with Crippen LogP contribution in [0.1, 0.15) is 37.3 Å². The Morgan fingerprint density at radius 2 is 1.72 bits per heavy atom. The first-order chi connectivity index (χ1) is 12.0. The van der Waals surface area contributed by atoms with Gasteiger partial charge in [0.1, 0.15) is 16.2 Å². The van der Waals surface area contributed by atoms with E-state index in [1.807, 2.05) is 11.5 Å². The highest BCUT2D eigenvalue weighted by atomic mass is 32.2. The van der Waals surface area contributed by atoms with E-state index in [2.05, 4.69) is 9.97 Å². The van der Waals surface area contributed by atoms with Crippen LogP contribution in [0.3, 0.4) is 0 Å². The number of hydrogen-bond donors (Lipinski definition) is 1. The highest BCUT2D eigenvalue weighted by molar-refractivity contribution is 7.92. The minimum Gasteiger partial charge on any atom is -0.384 e. The molecule has 2 heterocycles. The van der Waals surface area contributed by atoms with Crippen LogP contribution in [0.25, 0.3) is 11.2 Å². The van der Waals surface area contributed by atoms with Crippen LogP contribution in [0.4, 0.5) is 5.82 Å². The van der Waals surface area contributed by atoms with Crippen molar-refractivity contribution < 1.29 is 8.42 Å². The molecule has 1 aliphatic rings. The summed E-state index contributed by atoms with van der Waals surface area (Å²) in [5, 5.41) is 0. The second kappa shape index (κ2) is 5.84. The summed E-state index contributed by atoms with van der Waals surface area (Å²) in [6, 6.07) is 6.97. The first-order valence-corrected chi connectivity index (χ1v) is 9.90. The Bertz CT molecular complexity index is 1030. The fourth-order valence-corrected chi connectivity index (χ4v) is 5.15.